The predicted molar refractivity (Wildman–Crippen MR) is 71.1 cm³/mol. The topological polar surface area (TPSA) is 42.0 Å². The van der Waals surface area contributed by atoms with Crippen LogP contribution in [0.4, 0.5) is 5.69 Å². The number of hydrogen-bond acceptors (Lipinski definition) is 2. The first-order valence-electron chi connectivity index (χ1n) is 5.15. The molecule has 4 heteroatoms. The maximum absolute atomic E-state index is 12.0. The Morgan fingerprint density at radius 1 is 1.29 bits per heavy atom. The van der Waals surface area contributed by atoms with E-state index in [0.29, 0.717) is 5.56 Å². The molecular weight excluding hydrogens is 280 g/mol. The summed E-state index contributed by atoms with van der Waals surface area (Å²) in [7, 11) is 0. The van der Waals surface area contributed by atoms with Crippen LogP contribution in [0.15, 0.2) is 47.1 Å². The predicted octanol–water partition coefficient (Wildman–Crippen LogP) is 3.40. The molecule has 1 heterocycles. The summed E-state index contributed by atoms with van der Waals surface area (Å²) in [6, 6.07) is 10.9. The van der Waals surface area contributed by atoms with Gasteiger partial charge in [0, 0.05) is 16.2 Å². The van der Waals surface area contributed by atoms with E-state index in [2.05, 4.69) is 26.2 Å². The summed E-state index contributed by atoms with van der Waals surface area (Å²) in [5, 5.41) is 2.83. The molecule has 17 heavy (non-hydrogen) atoms. The number of anilines is 1. The van der Waals surface area contributed by atoms with Crippen molar-refractivity contribution in [1.29, 1.82) is 0 Å². The maximum atomic E-state index is 12.0. The summed E-state index contributed by atoms with van der Waals surface area (Å²) < 4.78 is 0.882. The molecule has 0 atom stereocenters. The minimum absolute atomic E-state index is 0.137. The summed E-state index contributed by atoms with van der Waals surface area (Å²) in [6.45, 7) is 1.86. The van der Waals surface area contributed by atoms with Crippen LogP contribution in [0.2, 0.25) is 0 Å². The minimum atomic E-state index is -0.137. The summed E-state index contributed by atoms with van der Waals surface area (Å²) in [6.07, 6.45) is 1.70. The Hall–Kier alpha value is -1.68. The number of carbonyl (C=O) groups is 1. The van der Waals surface area contributed by atoms with Crippen LogP contribution in [0.5, 0.6) is 0 Å². The van der Waals surface area contributed by atoms with Gasteiger partial charge in [-0.2, -0.15) is 0 Å². The molecule has 0 aliphatic heterocycles. The van der Waals surface area contributed by atoms with Gasteiger partial charge in [0.05, 0.1) is 11.4 Å². The van der Waals surface area contributed by atoms with Crippen molar-refractivity contribution in [2.75, 3.05) is 5.32 Å². The lowest BCUT2D eigenvalue weighted by atomic mass is 10.2. The third kappa shape index (κ3) is 2.91. The number of benzene rings is 1. The Labute approximate surface area is 108 Å². The van der Waals surface area contributed by atoms with Gasteiger partial charge in [0.15, 0.2) is 0 Å². The largest absolute Gasteiger partial charge is 0.320 e. The van der Waals surface area contributed by atoms with Crippen molar-refractivity contribution in [3.05, 3.63) is 58.3 Å². The van der Waals surface area contributed by atoms with Crippen molar-refractivity contribution in [1.82, 2.24) is 4.98 Å². The SMILES string of the molecule is Cc1ncccc1NC(=O)c1cccc(Br)c1. The molecule has 1 amide bonds. The van der Waals surface area contributed by atoms with E-state index in [4.69, 9.17) is 0 Å². The zero-order chi connectivity index (χ0) is 12.3. The van der Waals surface area contributed by atoms with Gasteiger partial charge < -0.3 is 5.32 Å². The Balaban J connectivity index is 2.20. The van der Waals surface area contributed by atoms with Gasteiger partial charge in [-0.05, 0) is 37.3 Å². The fraction of sp³-hybridized carbons (Fsp3) is 0.0769. The standard InChI is InChI=1S/C13H11BrN2O/c1-9-12(6-3-7-15-9)16-13(17)10-4-2-5-11(14)8-10/h2-8H,1H3,(H,16,17). The number of nitrogens with zero attached hydrogens (tertiary/aromatic N) is 1. The van der Waals surface area contributed by atoms with E-state index in [-0.39, 0.29) is 5.91 Å². The van der Waals surface area contributed by atoms with Crippen LogP contribution < -0.4 is 5.32 Å². The molecule has 1 N–H and O–H groups in total. The quantitative estimate of drug-likeness (QED) is 0.921. The second kappa shape index (κ2) is 5.10. The van der Waals surface area contributed by atoms with Crippen molar-refractivity contribution in [2.45, 2.75) is 6.92 Å². The van der Waals surface area contributed by atoms with Gasteiger partial charge in [0.2, 0.25) is 0 Å². The van der Waals surface area contributed by atoms with Gasteiger partial charge in [-0.25, -0.2) is 0 Å². The zero-order valence-electron chi connectivity index (χ0n) is 9.27. The van der Waals surface area contributed by atoms with E-state index in [9.17, 15) is 4.79 Å². The van der Waals surface area contributed by atoms with E-state index in [1.807, 2.05) is 25.1 Å². The Morgan fingerprint density at radius 3 is 2.82 bits per heavy atom. The number of aryl methyl sites for hydroxylation is 1. The second-order valence-electron chi connectivity index (χ2n) is 3.60. The van der Waals surface area contributed by atoms with Crippen molar-refractivity contribution >= 4 is 27.5 Å². The van der Waals surface area contributed by atoms with Crippen molar-refractivity contribution in [2.24, 2.45) is 0 Å². The molecule has 0 unspecified atom stereocenters. The molecule has 0 radical (unpaired) electrons. The molecule has 0 aliphatic rings. The van der Waals surface area contributed by atoms with Crippen LogP contribution in [0.25, 0.3) is 0 Å². The summed E-state index contributed by atoms with van der Waals surface area (Å²) in [4.78, 5) is 16.1. The third-order valence-corrected chi connectivity index (χ3v) is 2.84. The highest BCUT2D eigenvalue weighted by molar-refractivity contribution is 9.10. The first-order chi connectivity index (χ1) is 8.16. The van der Waals surface area contributed by atoms with Crippen LogP contribution in [0.3, 0.4) is 0 Å². The number of hydrogen-bond donors (Lipinski definition) is 1. The van der Waals surface area contributed by atoms with Gasteiger partial charge in [0.1, 0.15) is 0 Å². The van der Waals surface area contributed by atoms with Gasteiger partial charge in [-0.3, -0.25) is 9.78 Å². The molecule has 1 aromatic carbocycles. The minimum Gasteiger partial charge on any atom is -0.320 e. The van der Waals surface area contributed by atoms with Crippen LogP contribution in [0, 0.1) is 6.92 Å². The molecule has 0 spiro atoms. The van der Waals surface area contributed by atoms with Crippen molar-refractivity contribution in [3.8, 4) is 0 Å². The molecule has 2 rings (SSSR count). The molecule has 0 aliphatic carbocycles. The lowest BCUT2D eigenvalue weighted by Crippen LogP contribution is -2.12. The van der Waals surface area contributed by atoms with Crippen LogP contribution in [0.1, 0.15) is 16.1 Å². The van der Waals surface area contributed by atoms with E-state index < -0.39 is 0 Å². The monoisotopic (exact) mass is 290 g/mol. The number of amides is 1. The lowest BCUT2D eigenvalue weighted by Gasteiger charge is -2.07. The highest BCUT2D eigenvalue weighted by Gasteiger charge is 2.07. The smallest absolute Gasteiger partial charge is 0.255 e. The van der Waals surface area contributed by atoms with Gasteiger partial charge in [-0.15, -0.1) is 0 Å². The second-order valence-corrected chi connectivity index (χ2v) is 4.52. The number of nitrogens with one attached hydrogen (secondary N) is 1. The molecule has 0 bridgehead atoms. The van der Waals surface area contributed by atoms with Gasteiger partial charge in [0.25, 0.3) is 5.91 Å². The highest BCUT2D eigenvalue weighted by Crippen LogP contribution is 2.15. The number of halogens is 1. The van der Waals surface area contributed by atoms with Crippen molar-refractivity contribution < 1.29 is 4.79 Å². The summed E-state index contributed by atoms with van der Waals surface area (Å²) >= 11 is 3.34. The average Bonchev–Trinajstić information content (AvgIpc) is 2.32. The van der Waals surface area contributed by atoms with Crippen LogP contribution >= 0.6 is 15.9 Å². The average molecular weight is 291 g/mol. The Morgan fingerprint density at radius 2 is 2.12 bits per heavy atom. The molecule has 0 saturated carbocycles. The Kier molecular flexibility index (Phi) is 3.54. The molecule has 2 aromatic rings. The number of rotatable bonds is 2. The molecular formula is C13H11BrN2O. The van der Waals surface area contributed by atoms with E-state index in [1.54, 1.807) is 24.4 Å². The summed E-state index contributed by atoms with van der Waals surface area (Å²) in [5.41, 5.74) is 2.15. The van der Waals surface area contributed by atoms with Crippen molar-refractivity contribution in [3.63, 3.8) is 0 Å². The van der Waals surface area contributed by atoms with E-state index in [1.165, 1.54) is 0 Å². The van der Waals surface area contributed by atoms with Gasteiger partial charge >= 0.3 is 0 Å². The number of carbonyl (C=O) groups excluding carboxylic acids is 1. The molecule has 0 fully saturated rings. The van der Waals surface area contributed by atoms with Gasteiger partial charge in [-0.1, -0.05) is 22.0 Å². The first-order valence-corrected chi connectivity index (χ1v) is 5.94. The Bertz CT molecular complexity index is 555. The summed E-state index contributed by atoms with van der Waals surface area (Å²) in [5.74, 6) is -0.137. The molecule has 1 aromatic heterocycles. The molecule has 0 saturated heterocycles. The number of pyridine rings is 1. The lowest BCUT2D eigenvalue weighted by molar-refractivity contribution is 0.102. The first kappa shape index (κ1) is 11.8. The van der Waals surface area contributed by atoms with Crippen LogP contribution in [-0.4, -0.2) is 10.9 Å². The highest BCUT2D eigenvalue weighted by atomic mass is 79.9. The third-order valence-electron chi connectivity index (χ3n) is 2.34. The zero-order valence-corrected chi connectivity index (χ0v) is 10.9. The normalized spacial score (nSPS) is 10.0. The fourth-order valence-corrected chi connectivity index (χ4v) is 1.84. The van der Waals surface area contributed by atoms with E-state index in [0.717, 1.165) is 15.9 Å². The number of aromatic nitrogens is 1. The molecule has 3 nitrogen and oxygen atoms in total. The maximum Gasteiger partial charge on any atom is 0.255 e. The van der Waals surface area contributed by atoms with E-state index >= 15 is 0 Å². The fourth-order valence-electron chi connectivity index (χ4n) is 1.44. The van der Waals surface area contributed by atoms with Crippen LogP contribution in [-0.2, 0) is 0 Å². The molecule has 86 valence electrons.